The minimum Gasteiger partial charge on any atom is -0.390 e. The lowest BCUT2D eigenvalue weighted by Gasteiger charge is -2.21. The first kappa shape index (κ1) is 14.2. The summed E-state index contributed by atoms with van der Waals surface area (Å²) in [6.07, 6.45) is 7.51. The molecule has 1 atom stereocenters. The molecule has 0 aromatic heterocycles. The number of allylic oxidation sites excluding steroid dienone is 4. The summed E-state index contributed by atoms with van der Waals surface area (Å²) in [6.45, 7) is 7.53. The molecule has 1 unspecified atom stereocenters. The predicted octanol–water partition coefficient (Wildman–Crippen LogP) is 3.41. The highest BCUT2D eigenvalue weighted by Gasteiger charge is 2.19. The first-order valence-electron chi connectivity index (χ1n) is 6.37. The standard InChI is InChI=1S/C15H24O2/c1-11-5-7-13(8-6-11)12(2)9-14(16)10-15(3,4)17/h5,9,13,17H,6-8,10H2,1-4H3. The van der Waals surface area contributed by atoms with Gasteiger partial charge in [-0.3, -0.25) is 4.79 Å². The zero-order chi connectivity index (χ0) is 13.1. The molecule has 0 aliphatic heterocycles. The molecule has 2 heteroatoms. The van der Waals surface area contributed by atoms with Crippen molar-refractivity contribution in [2.75, 3.05) is 0 Å². The van der Waals surface area contributed by atoms with Gasteiger partial charge in [-0.25, -0.2) is 0 Å². The molecule has 0 amide bonds. The topological polar surface area (TPSA) is 37.3 Å². The van der Waals surface area contributed by atoms with Crippen molar-refractivity contribution < 1.29 is 9.90 Å². The largest absolute Gasteiger partial charge is 0.390 e. The highest BCUT2D eigenvalue weighted by atomic mass is 16.3. The average molecular weight is 236 g/mol. The lowest BCUT2D eigenvalue weighted by atomic mass is 9.84. The summed E-state index contributed by atoms with van der Waals surface area (Å²) in [5.41, 5.74) is 1.71. The Kier molecular flexibility index (Phi) is 4.70. The summed E-state index contributed by atoms with van der Waals surface area (Å²) in [5.74, 6) is 0.533. The molecule has 0 spiro atoms. The van der Waals surface area contributed by atoms with Crippen molar-refractivity contribution in [3.8, 4) is 0 Å². The van der Waals surface area contributed by atoms with Gasteiger partial charge in [0.1, 0.15) is 0 Å². The van der Waals surface area contributed by atoms with Crippen LogP contribution in [0.3, 0.4) is 0 Å². The monoisotopic (exact) mass is 236 g/mol. The van der Waals surface area contributed by atoms with Gasteiger partial charge in [0.2, 0.25) is 0 Å². The van der Waals surface area contributed by atoms with Crippen LogP contribution in [0.15, 0.2) is 23.3 Å². The van der Waals surface area contributed by atoms with Crippen LogP contribution < -0.4 is 0 Å². The molecule has 1 rings (SSSR count). The van der Waals surface area contributed by atoms with Gasteiger partial charge in [0.05, 0.1) is 5.60 Å². The van der Waals surface area contributed by atoms with E-state index in [2.05, 4.69) is 13.0 Å². The van der Waals surface area contributed by atoms with E-state index < -0.39 is 5.60 Å². The summed E-state index contributed by atoms with van der Waals surface area (Å²) < 4.78 is 0. The predicted molar refractivity (Wildman–Crippen MR) is 70.8 cm³/mol. The van der Waals surface area contributed by atoms with Gasteiger partial charge in [0.25, 0.3) is 0 Å². The Hall–Kier alpha value is -0.890. The fraction of sp³-hybridized carbons (Fsp3) is 0.667. The zero-order valence-electron chi connectivity index (χ0n) is 11.4. The van der Waals surface area contributed by atoms with Crippen LogP contribution in [-0.4, -0.2) is 16.5 Å². The minimum atomic E-state index is -0.906. The van der Waals surface area contributed by atoms with Gasteiger partial charge in [0.15, 0.2) is 5.78 Å². The molecule has 1 aliphatic carbocycles. The van der Waals surface area contributed by atoms with Crippen LogP contribution >= 0.6 is 0 Å². The number of hydrogen-bond donors (Lipinski definition) is 1. The van der Waals surface area contributed by atoms with Gasteiger partial charge in [0, 0.05) is 6.42 Å². The van der Waals surface area contributed by atoms with Gasteiger partial charge in [-0.05, 0) is 59.0 Å². The molecule has 1 N–H and O–H groups in total. The Morgan fingerprint density at radius 3 is 2.71 bits per heavy atom. The van der Waals surface area contributed by atoms with Crippen molar-refractivity contribution in [3.63, 3.8) is 0 Å². The van der Waals surface area contributed by atoms with Crippen LogP contribution in [0.5, 0.6) is 0 Å². The van der Waals surface area contributed by atoms with Gasteiger partial charge in [-0.15, -0.1) is 0 Å². The van der Waals surface area contributed by atoms with E-state index in [1.165, 1.54) is 5.57 Å². The molecule has 17 heavy (non-hydrogen) atoms. The molecule has 0 heterocycles. The van der Waals surface area contributed by atoms with E-state index in [4.69, 9.17) is 0 Å². The van der Waals surface area contributed by atoms with Gasteiger partial charge in [-0.1, -0.05) is 17.2 Å². The molecule has 96 valence electrons. The van der Waals surface area contributed by atoms with E-state index in [1.54, 1.807) is 19.9 Å². The summed E-state index contributed by atoms with van der Waals surface area (Å²) in [7, 11) is 0. The normalized spacial score (nSPS) is 22.3. The summed E-state index contributed by atoms with van der Waals surface area (Å²) in [6, 6.07) is 0. The van der Waals surface area contributed by atoms with E-state index in [0.717, 1.165) is 24.8 Å². The molecule has 0 radical (unpaired) electrons. The Morgan fingerprint density at radius 1 is 1.59 bits per heavy atom. The van der Waals surface area contributed by atoms with Crippen molar-refractivity contribution in [1.29, 1.82) is 0 Å². The molecule has 1 aliphatic rings. The fourth-order valence-corrected chi connectivity index (χ4v) is 2.23. The second-order valence-electron chi connectivity index (χ2n) is 5.87. The van der Waals surface area contributed by atoms with E-state index in [-0.39, 0.29) is 12.2 Å². The molecule has 2 nitrogen and oxygen atoms in total. The van der Waals surface area contributed by atoms with Crippen LogP contribution in [-0.2, 0) is 4.79 Å². The number of rotatable bonds is 4. The molecule has 0 bridgehead atoms. The van der Waals surface area contributed by atoms with E-state index >= 15 is 0 Å². The molecule has 0 fully saturated rings. The maximum Gasteiger partial charge on any atom is 0.158 e. The Morgan fingerprint density at radius 2 is 2.24 bits per heavy atom. The smallest absolute Gasteiger partial charge is 0.158 e. The van der Waals surface area contributed by atoms with Crippen LogP contribution in [0, 0.1) is 5.92 Å². The lowest BCUT2D eigenvalue weighted by molar-refractivity contribution is -0.118. The van der Waals surface area contributed by atoms with Gasteiger partial charge >= 0.3 is 0 Å². The zero-order valence-corrected chi connectivity index (χ0v) is 11.4. The SMILES string of the molecule is CC1=CCC(C(C)=CC(=O)CC(C)(C)O)CC1. The van der Waals surface area contributed by atoms with Crippen LogP contribution in [0.4, 0.5) is 0 Å². The van der Waals surface area contributed by atoms with Crippen LogP contribution in [0.1, 0.15) is 53.4 Å². The highest BCUT2D eigenvalue weighted by molar-refractivity contribution is 5.91. The summed E-state index contributed by atoms with van der Waals surface area (Å²) in [4.78, 5) is 11.7. The first-order chi connectivity index (χ1) is 7.78. The third kappa shape index (κ3) is 5.31. The quantitative estimate of drug-likeness (QED) is 0.600. The first-order valence-corrected chi connectivity index (χ1v) is 6.37. The lowest BCUT2D eigenvalue weighted by Crippen LogP contribution is -2.22. The molecule has 0 saturated heterocycles. The van der Waals surface area contributed by atoms with E-state index in [9.17, 15) is 9.90 Å². The summed E-state index contributed by atoms with van der Waals surface area (Å²) in [5, 5.41) is 9.59. The second-order valence-corrected chi connectivity index (χ2v) is 5.87. The van der Waals surface area contributed by atoms with Crippen molar-refractivity contribution in [3.05, 3.63) is 23.3 Å². The second kappa shape index (κ2) is 5.63. The van der Waals surface area contributed by atoms with Crippen LogP contribution in [0.25, 0.3) is 0 Å². The Bertz CT molecular complexity index is 342. The number of aliphatic hydroxyl groups is 1. The molecular formula is C15H24O2. The highest BCUT2D eigenvalue weighted by Crippen LogP contribution is 2.28. The van der Waals surface area contributed by atoms with Crippen molar-refractivity contribution in [1.82, 2.24) is 0 Å². The van der Waals surface area contributed by atoms with Crippen molar-refractivity contribution >= 4 is 5.78 Å². The number of carbonyl (C=O) groups excluding carboxylic acids is 1. The third-order valence-corrected chi connectivity index (χ3v) is 3.28. The van der Waals surface area contributed by atoms with Crippen molar-refractivity contribution in [2.45, 2.75) is 59.0 Å². The minimum absolute atomic E-state index is 0.0290. The number of carbonyl (C=O) groups is 1. The number of ketones is 1. The van der Waals surface area contributed by atoms with E-state index in [1.807, 2.05) is 6.92 Å². The molecular weight excluding hydrogens is 212 g/mol. The van der Waals surface area contributed by atoms with Gasteiger partial charge in [-0.2, -0.15) is 0 Å². The average Bonchev–Trinajstić information content (AvgIpc) is 2.15. The molecule has 0 aromatic carbocycles. The molecule has 0 aromatic rings. The van der Waals surface area contributed by atoms with Gasteiger partial charge < -0.3 is 5.11 Å². The number of hydrogen-bond acceptors (Lipinski definition) is 2. The Labute approximate surface area is 104 Å². The fourth-order valence-electron chi connectivity index (χ4n) is 2.23. The van der Waals surface area contributed by atoms with Crippen LogP contribution in [0.2, 0.25) is 0 Å². The van der Waals surface area contributed by atoms with Crippen molar-refractivity contribution in [2.24, 2.45) is 5.92 Å². The maximum atomic E-state index is 11.7. The third-order valence-electron chi connectivity index (χ3n) is 3.28. The molecule has 0 saturated carbocycles. The maximum absolute atomic E-state index is 11.7. The summed E-state index contributed by atoms with van der Waals surface area (Å²) >= 11 is 0. The Balaban J connectivity index is 2.58. The van der Waals surface area contributed by atoms with E-state index in [0.29, 0.717) is 5.92 Å².